The first kappa shape index (κ1) is 59.1. The minimum absolute atomic E-state index is 0.151. The second kappa shape index (κ2) is 48.0. The topological polar surface area (TPSA) is 82.8 Å². The van der Waals surface area contributed by atoms with Gasteiger partial charge in [-0.05, 0) is 31.4 Å². The summed E-state index contributed by atoms with van der Waals surface area (Å²) >= 11 is 0. The van der Waals surface area contributed by atoms with E-state index in [2.05, 4.69) is 26.1 Å². The molecule has 6 nitrogen and oxygen atoms in total. The second-order valence-corrected chi connectivity index (χ2v) is 19.2. The lowest BCUT2D eigenvalue weighted by Gasteiger charge is -2.19. The molecular weight excluding hydrogens is 777 g/mol. The Morgan fingerprint density at radius 2 is 0.619 bits per heavy atom. The van der Waals surface area contributed by atoms with Gasteiger partial charge in [-0.15, -0.1) is 0 Å². The molecule has 0 bridgehead atoms. The van der Waals surface area contributed by atoms with Gasteiger partial charge in [0.1, 0.15) is 0 Å². The molecule has 0 aliphatic heterocycles. The molecule has 1 rings (SSSR count). The molecule has 3 N–H and O–H groups in total. The van der Waals surface area contributed by atoms with Crippen LogP contribution in [0, 0.1) is 0 Å². The third-order valence-electron chi connectivity index (χ3n) is 13.0. The molecule has 6 heteroatoms. The number of carbonyl (C=O) groups excluding carboxylic acids is 1. The van der Waals surface area contributed by atoms with Gasteiger partial charge in [0.05, 0.1) is 19.8 Å². The molecule has 0 radical (unpaired) electrons. The summed E-state index contributed by atoms with van der Waals surface area (Å²) in [5.74, 6) is 1.77. The molecule has 1 aromatic rings. The average molecular weight is 886 g/mol. The van der Waals surface area contributed by atoms with E-state index < -0.39 is 0 Å². The highest BCUT2D eigenvalue weighted by Gasteiger charge is 2.19. The number of amides is 1. The zero-order valence-corrected chi connectivity index (χ0v) is 42.6. The number of nitrogens with one attached hydrogen (secondary N) is 1. The Hall–Kier alpha value is -1.95. The third kappa shape index (κ3) is 37.9. The Kier molecular flexibility index (Phi) is 45.0. The fourth-order valence-corrected chi connectivity index (χ4v) is 8.78. The molecule has 0 aliphatic rings. The molecular formula is C57H108N2O4. The van der Waals surface area contributed by atoms with Gasteiger partial charge in [0.25, 0.3) is 5.91 Å². The molecule has 0 aromatic heterocycles. The Morgan fingerprint density at radius 1 is 0.381 bits per heavy atom. The van der Waals surface area contributed by atoms with Crippen LogP contribution in [0.2, 0.25) is 0 Å². The predicted molar refractivity (Wildman–Crippen MR) is 275 cm³/mol. The lowest BCUT2D eigenvalue weighted by Crippen LogP contribution is -2.29. The summed E-state index contributed by atoms with van der Waals surface area (Å²) < 4.78 is 19.5. The number of ether oxygens (including phenoxy) is 3. The SMILES string of the molecule is CCCCCCCCCCCCCCCCOc1cc(C(=O)NCCN)cc(OCCCCCCCCCCCCCCCC)c1OCCCCCCCCCCCCCCCC. The second-order valence-electron chi connectivity index (χ2n) is 19.2. The molecule has 0 atom stereocenters. The van der Waals surface area contributed by atoms with E-state index in [1.807, 2.05) is 12.1 Å². The van der Waals surface area contributed by atoms with Gasteiger partial charge in [-0.3, -0.25) is 4.79 Å². The van der Waals surface area contributed by atoms with Gasteiger partial charge >= 0.3 is 0 Å². The normalized spacial score (nSPS) is 11.4. The van der Waals surface area contributed by atoms with Crippen molar-refractivity contribution in [2.45, 2.75) is 290 Å². The first-order valence-corrected chi connectivity index (χ1v) is 28.2. The number of unbranched alkanes of at least 4 members (excludes halogenated alkanes) is 39. The predicted octanol–water partition coefficient (Wildman–Crippen LogP) is 18.0. The smallest absolute Gasteiger partial charge is 0.251 e. The summed E-state index contributed by atoms with van der Waals surface area (Å²) in [4.78, 5) is 13.2. The molecule has 0 unspecified atom stereocenters. The van der Waals surface area contributed by atoms with Crippen molar-refractivity contribution in [2.24, 2.45) is 5.73 Å². The third-order valence-corrected chi connectivity index (χ3v) is 13.0. The summed E-state index contributed by atoms with van der Waals surface area (Å²) in [6.07, 6.45) is 55.8. The highest BCUT2D eigenvalue weighted by Crippen LogP contribution is 2.40. The van der Waals surface area contributed by atoms with Crippen LogP contribution in [0.4, 0.5) is 0 Å². The Balaban J connectivity index is 2.64. The van der Waals surface area contributed by atoms with Crippen LogP contribution < -0.4 is 25.3 Å². The largest absolute Gasteiger partial charge is 0.490 e. The first-order valence-electron chi connectivity index (χ1n) is 28.2. The average Bonchev–Trinajstić information content (AvgIpc) is 3.29. The number of nitrogens with two attached hydrogens (primary N) is 1. The molecule has 0 heterocycles. The maximum absolute atomic E-state index is 13.2. The maximum Gasteiger partial charge on any atom is 0.251 e. The molecule has 0 fully saturated rings. The number of rotatable bonds is 51. The monoisotopic (exact) mass is 885 g/mol. The Bertz CT molecular complexity index is 1040. The highest BCUT2D eigenvalue weighted by atomic mass is 16.5. The molecule has 63 heavy (non-hydrogen) atoms. The van der Waals surface area contributed by atoms with Crippen molar-refractivity contribution in [3.05, 3.63) is 17.7 Å². The van der Waals surface area contributed by atoms with Crippen LogP contribution in [0.25, 0.3) is 0 Å². The molecule has 1 amide bonds. The fraction of sp³-hybridized carbons (Fsp3) is 0.877. The zero-order chi connectivity index (χ0) is 45.4. The standard InChI is InChI=1S/C57H108N2O4/c1-4-7-10-13-16-19-22-25-28-31-34-37-40-43-48-61-54-51-53(57(60)59-47-46-58)52-55(62-49-44-41-38-35-32-29-26-23-20-17-14-11-8-5-2)56(54)63-50-45-42-39-36-33-30-27-24-21-18-15-12-9-6-3/h51-52H,4-50,58H2,1-3H3,(H,59,60). The fourth-order valence-electron chi connectivity index (χ4n) is 8.78. The van der Waals surface area contributed by atoms with E-state index in [9.17, 15) is 4.79 Å². The van der Waals surface area contributed by atoms with E-state index in [1.54, 1.807) is 0 Å². The van der Waals surface area contributed by atoms with Crippen molar-refractivity contribution in [3.63, 3.8) is 0 Å². The van der Waals surface area contributed by atoms with Crippen molar-refractivity contribution < 1.29 is 19.0 Å². The molecule has 0 aliphatic carbocycles. The number of hydrogen-bond donors (Lipinski definition) is 2. The van der Waals surface area contributed by atoms with Crippen LogP contribution in [0.1, 0.15) is 301 Å². The van der Waals surface area contributed by atoms with E-state index in [0.717, 1.165) is 32.1 Å². The van der Waals surface area contributed by atoms with Crippen molar-refractivity contribution in [3.8, 4) is 17.2 Å². The molecule has 0 spiro atoms. The number of benzene rings is 1. The Labute approximate surface area is 392 Å². The van der Waals surface area contributed by atoms with Gasteiger partial charge in [-0.25, -0.2) is 0 Å². The summed E-state index contributed by atoms with van der Waals surface area (Å²) in [6, 6.07) is 3.71. The van der Waals surface area contributed by atoms with E-state index in [4.69, 9.17) is 19.9 Å². The maximum atomic E-state index is 13.2. The van der Waals surface area contributed by atoms with Crippen LogP contribution >= 0.6 is 0 Å². The van der Waals surface area contributed by atoms with E-state index >= 15 is 0 Å². The van der Waals surface area contributed by atoms with Crippen LogP contribution in [-0.4, -0.2) is 38.8 Å². The van der Waals surface area contributed by atoms with E-state index in [0.29, 0.717) is 55.7 Å². The van der Waals surface area contributed by atoms with Crippen molar-refractivity contribution in [1.29, 1.82) is 0 Å². The molecule has 370 valence electrons. The quantitative estimate of drug-likeness (QED) is 0.0637. The van der Waals surface area contributed by atoms with Gasteiger partial charge in [-0.1, -0.05) is 271 Å². The van der Waals surface area contributed by atoms with Crippen molar-refractivity contribution in [1.82, 2.24) is 5.32 Å². The van der Waals surface area contributed by atoms with Gasteiger partial charge < -0.3 is 25.3 Å². The van der Waals surface area contributed by atoms with Gasteiger partial charge in [0, 0.05) is 18.7 Å². The van der Waals surface area contributed by atoms with Crippen LogP contribution in [0.5, 0.6) is 17.2 Å². The van der Waals surface area contributed by atoms with Crippen molar-refractivity contribution >= 4 is 5.91 Å². The minimum Gasteiger partial charge on any atom is -0.490 e. The lowest BCUT2D eigenvalue weighted by atomic mass is 10.0. The van der Waals surface area contributed by atoms with Crippen LogP contribution in [0.15, 0.2) is 12.1 Å². The summed E-state index contributed by atoms with van der Waals surface area (Å²) in [7, 11) is 0. The highest BCUT2D eigenvalue weighted by molar-refractivity contribution is 5.95. The number of carbonyl (C=O) groups is 1. The first-order chi connectivity index (χ1) is 31.2. The van der Waals surface area contributed by atoms with Gasteiger partial charge in [0.15, 0.2) is 11.5 Å². The summed E-state index contributed by atoms with van der Waals surface area (Å²) in [5.41, 5.74) is 6.28. The molecule has 0 saturated heterocycles. The summed E-state index contributed by atoms with van der Waals surface area (Å²) in [6.45, 7) is 9.55. The molecule has 1 aromatic carbocycles. The van der Waals surface area contributed by atoms with Crippen LogP contribution in [-0.2, 0) is 0 Å². The van der Waals surface area contributed by atoms with Crippen LogP contribution in [0.3, 0.4) is 0 Å². The Morgan fingerprint density at radius 3 is 0.873 bits per heavy atom. The summed E-state index contributed by atoms with van der Waals surface area (Å²) in [5, 5.41) is 2.95. The van der Waals surface area contributed by atoms with Crippen molar-refractivity contribution in [2.75, 3.05) is 32.9 Å². The van der Waals surface area contributed by atoms with E-state index in [1.165, 1.54) is 238 Å². The number of hydrogen-bond acceptors (Lipinski definition) is 5. The zero-order valence-electron chi connectivity index (χ0n) is 42.6. The minimum atomic E-state index is -0.151. The van der Waals surface area contributed by atoms with Gasteiger partial charge in [0.2, 0.25) is 5.75 Å². The lowest BCUT2D eigenvalue weighted by molar-refractivity contribution is 0.0953. The van der Waals surface area contributed by atoms with Gasteiger partial charge in [-0.2, -0.15) is 0 Å². The van der Waals surface area contributed by atoms with E-state index in [-0.39, 0.29) is 5.91 Å². The molecule has 0 saturated carbocycles.